The molecule has 0 amide bonds. The van der Waals surface area contributed by atoms with Gasteiger partial charge >= 0.3 is 13.6 Å². The molecule has 0 bridgehead atoms. The van der Waals surface area contributed by atoms with E-state index >= 15 is 0 Å². The average molecular weight is 256 g/mol. The van der Waals surface area contributed by atoms with Crippen LogP contribution >= 0.6 is 0 Å². The second-order valence-corrected chi connectivity index (χ2v) is 3.40. The number of ketones is 2. The zero-order chi connectivity index (χ0) is 12.0. The van der Waals surface area contributed by atoms with Crippen LogP contribution in [0, 0.1) is 13.6 Å². The molecule has 0 N–H and O–H groups in total. The van der Waals surface area contributed by atoms with E-state index in [9.17, 15) is 0 Å². The lowest BCUT2D eigenvalue weighted by atomic mass is 10.4. The number of rotatable bonds is 0. The molecule has 2 heterocycles. The monoisotopic (exact) mass is 256 g/mol. The van der Waals surface area contributed by atoms with Crippen molar-refractivity contribution in [2.45, 2.75) is 42.5 Å². The largest absolute Gasteiger partial charge is 0.481 e. The summed E-state index contributed by atoms with van der Waals surface area (Å²) < 4.78 is 19.4. The van der Waals surface area contributed by atoms with Crippen molar-refractivity contribution < 1.29 is 18.3 Å². The topological polar surface area (TPSA) is 41.1 Å². The lowest BCUT2D eigenvalue weighted by Gasteiger charge is -2.05. The summed E-state index contributed by atoms with van der Waals surface area (Å²) in [5.74, 6) is 3.48. The van der Waals surface area contributed by atoms with Crippen molar-refractivity contribution in [1.82, 2.24) is 0 Å². The maximum absolute atomic E-state index is 4.84. The molecule has 18 heavy (non-hydrogen) atoms. The summed E-state index contributed by atoms with van der Waals surface area (Å²) in [4.78, 5) is 0. The highest BCUT2D eigenvalue weighted by Crippen LogP contribution is 2.02. The van der Waals surface area contributed by atoms with Gasteiger partial charge in [-0.3, -0.25) is 0 Å². The minimum absolute atomic E-state index is 0. The highest BCUT2D eigenvalue weighted by atomic mass is 16.6. The van der Waals surface area contributed by atoms with Crippen LogP contribution in [-0.4, -0.2) is 11.6 Å². The average Bonchev–Trinajstić information content (AvgIpc) is 2.17. The lowest BCUT2D eigenvalue weighted by molar-refractivity contribution is -0.452. The van der Waals surface area contributed by atoms with Gasteiger partial charge in [-0.25, -0.2) is 0 Å². The molecule has 104 valence electrons. The Balaban J connectivity index is 0. The van der Waals surface area contributed by atoms with Gasteiger partial charge in [-0.2, -0.15) is 0 Å². The molecule has 0 radical (unpaired) electrons. The summed E-state index contributed by atoms with van der Waals surface area (Å²) in [7, 11) is 0. The first-order valence-corrected chi connectivity index (χ1v) is 4.91. The van der Waals surface area contributed by atoms with E-state index < -0.39 is 0 Å². The van der Waals surface area contributed by atoms with Gasteiger partial charge in [0.1, 0.15) is 0 Å². The van der Waals surface area contributed by atoms with Crippen molar-refractivity contribution in [3.63, 3.8) is 0 Å². The van der Waals surface area contributed by atoms with Gasteiger partial charge in [0.2, 0.25) is 0 Å². The van der Waals surface area contributed by atoms with Gasteiger partial charge in [0.15, 0.2) is 11.6 Å². The van der Waals surface area contributed by atoms with E-state index in [2.05, 4.69) is 0 Å². The summed E-state index contributed by atoms with van der Waals surface area (Å²) >= 11 is 0. The van der Waals surface area contributed by atoms with Crippen LogP contribution in [0.2, 0.25) is 0 Å². The van der Waals surface area contributed by atoms with Gasteiger partial charge < -0.3 is 18.3 Å². The van der Waals surface area contributed by atoms with Crippen molar-refractivity contribution in [2.24, 2.45) is 0 Å². The van der Waals surface area contributed by atoms with Crippen LogP contribution in [0.1, 0.15) is 42.5 Å². The van der Waals surface area contributed by atoms with E-state index in [-0.39, 0.29) is 14.9 Å². The maximum Gasteiger partial charge on any atom is 0.332 e. The molecule has 4 heteroatoms. The molecule has 0 aromatic heterocycles. The quantitative estimate of drug-likeness (QED) is 0.491. The van der Waals surface area contributed by atoms with E-state index in [1.807, 2.05) is 39.8 Å². The lowest BCUT2D eigenvalue weighted by Crippen LogP contribution is -2.00. The Morgan fingerprint density at radius 2 is 1.11 bits per heavy atom. The van der Waals surface area contributed by atoms with Gasteiger partial charge in [0, 0.05) is 0 Å². The Labute approximate surface area is 110 Å². The van der Waals surface area contributed by atoms with Crippen LogP contribution in [0.3, 0.4) is 0 Å². The zero-order valence-electron chi connectivity index (χ0n) is 9.94. The highest BCUT2D eigenvalue weighted by molar-refractivity contribution is 5.88. The fraction of sp³-hybridized carbons (Fsp3) is 0.429. The SMILES string of the molecule is C.C.CC1=CC(C)=[O+][CH-]O1.CC1=CC(C)=[O+][CH-]O1. The fourth-order valence-electron chi connectivity index (χ4n) is 1.06. The van der Waals surface area contributed by atoms with Crippen LogP contribution in [0.5, 0.6) is 0 Å². The van der Waals surface area contributed by atoms with E-state index in [4.69, 9.17) is 18.3 Å². The van der Waals surface area contributed by atoms with E-state index in [1.165, 1.54) is 13.6 Å². The molecule has 0 spiro atoms. The first-order valence-electron chi connectivity index (χ1n) is 4.91. The number of carbonyl (C=O) groups excluding carboxylic acids is 2. The normalized spacial score (nSPS) is 15.8. The molecule has 0 aliphatic carbocycles. The van der Waals surface area contributed by atoms with Crippen molar-refractivity contribution >= 4 is 11.6 Å². The van der Waals surface area contributed by atoms with E-state index in [1.54, 1.807) is 0 Å². The Hall–Kier alpha value is -1.84. The van der Waals surface area contributed by atoms with Crippen LogP contribution < -0.4 is 0 Å². The highest BCUT2D eigenvalue weighted by Gasteiger charge is 1.99. The summed E-state index contributed by atoms with van der Waals surface area (Å²) in [6, 6.07) is 0. The zero-order valence-corrected chi connectivity index (χ0v) is 9.94. The molecule has 4 nitrogen and oxygen atoms in total. The first-order chi connectivity index (χ1) is 7.58. The Kier molecular flexibility index (Phi) is 9.48. The molecule has 0 saturated heterocycles. The standard InChI is InChI=1S/2C6H8O2.2CH4/c2*1-5-3-6(2)8-4-7-5;;/h2*3-4H,1-2H3;2*1H4. The number of hydrogen-bond acceptors (Lipinski definition) is 2. The number of hydrogen-bond donors (Lipinski definition) is 0. The smallest absolute Gasteiger partial charge is 0.332 e. The van der Waals surface area contributed by atoms with Gasteiger partial charge in [0.25, 0.3) is 0 Å². The molecule has 0 aromatic carbocycles. The second-order valence-electron chi connectivity index (χ2n) is 3.40. The molecule has 0 atom stereocenters. The van der Waals surface area contributed by atoms with E-state index in [0.717, 1.165) is 23.1 Å². The molecule has 2 rings (SSSR count). The number of allylic oxidation sites excluding steroid dienone is 4. The Morgan fingerprint density at radius 3 is 1.28 bits per heavy atom. The molecule has 0 fully saturated rings. The van der Waals surface area contributed by atoms with Gasteiger partial charge in [0.05, 0.1) is 11.5 Å². The summed E-state index contributed by atoms with van der Waals surface area (Å²) in [5, 5.41) is 0. The molecular formula is C14H24O4. The van der Waals surface area contributed by atoms with Crippen molar-refractivity contribution in [3.05, 3.63) is 37.3 Å². The van der Waals surface area contributed by atoms with Crippen LogP contribution in [0.4, 0.5) is 0 Å². The number of ether oxygens (including phenoxy) is 2. The van der Waals surface area contributed by atoms with E-state index in [0.29, 0.717) is 0 Å². The Bertz CT molecular complexity index is 326. The predicted molar refractivity (Wildman–Crippen MR) is 73.1 cm³/mol. The molecule has 2 aliphatic rings. The van der Waals surface area contributed by atoms with Crippen molar-refractivity contribution in [3.8, 4) is 0 Å². The predicted octanol–water partition coefficient (Wildman–Crippen LogP) is 3.60. The maximum atomic E-state index is 4.84. The minimum Gasteiger partial charge on any atom is -0.481 e. The molecule has 0 aromatic rings. The van der Waals surface area contributed by atoms with Gasteiger partial charge in [-0.15, -0.1) is 0 Å². The van der Waals surface area contributed by atoms with Gasteiger partial charge in [-0.1, -0.05) is 14.9 Å². The molecular weight excluding hydrogens is 232 g/mol. The summed E-state index contributed by atoms with van der Waals surface area (Å²) in [5.41, 5.74) is 0. The Morgan fingerprint density at radius 1 is 0.778 bits per heavy atom. The summed E-state index contributed by atoms with van der Waals surface area (Å²) in [6.07, 6.45) is 3.67. The molecule has 0 saturated carbocycles. The third-order valence-corrected chi connectivity index (χ3v) is 1.75. The second kappa shape index (κ2) is 9.22. The van der Waals surface area contributed by atoms with Crippen LogP contribution in [0.25, 0.3) is 0 Å². The first kappa shape index (κ1) is 18.5. The minimum atomic E-state index is 0. The summed E-state index contributed by atoms with van der Waals surface area (Å²) in [6.45, 7) is 10.2. The molecule has 2 aliphatic heterocycles. The van der Waals surface area contributed by atoms with Gasteiger partial charge in [-0.05, 0) is 39.8 Å². The van der Waals surface area contributed by atoms with Crippen molar-refractivity contribution in [1.29, 1.82) is 0 Å². The molecule has 0 unspecified atom stereocenters. The third kappa shape index (κ3) is 7.44. The van der Waals surface area contributed by atoms with Crippen LogP contribution in [0.15, 0.2) is 23.7 Å². The fourth-order valence-corrected chi connectivity index (χ4v) is 1.06. The van der Waals surface area contributed by atoms with Crippen molar-refractivity contribution in [2.75, 3.05) is 0 Å². The third-order valence-electron chi connectivity index (χ3n) is 1.75. The van der Waals surface area contributed by atoms with Crippen LogP contribution in [-0.2, 0) is 18.3 Å².